The van der Waals surface area contributed by atoms with Gasteiger partial charge >= 0.3 is 0 Å². The van der Waals surface area contributed by atoms with Gasteiger partial charge in [0.1, 0.15) is 0 Å². The molecule has 19 heavy (non-hydrogen) atoms. The molecule has 2 aromatic carbocycles. The monoisotopic (exact) mass is 254 g/mol. The van der Waals surface area contributed by atoms with Crippen LogP contribution in [-0.2, 0) is 18.4 Å². The highest BCUT2D eigenvalue weighted by atomic mass is 16.3. The second kappa shape index (κ2) is 6.03. The van der Waals surface area contributed by atoms with E-state index in [9.17, 15) is 5.11 Å². The van der Waals surface area contributed by atoms with Gasteiger partial charge < -0.3 is 5.11 Å². The summed E-state index contributed by atoms with van der Waals surface area (Å²) in [6, 6.07) is 18.6. The summed E-state index contributed by atoms with van der Waals surface area (Å²) in [7, 11) is 0. The second-order valence-electron chi connectivity index (χ2n) is 5.31. The molecule has 1 atom stereocenters. The summed E-state index contributed by atoms with van der Waals surface area (Å²) in [5.74, 6) is 0. The predicted octanol–water partition coefficient (Wildman–Crippen LogP) is 4.09. The topological polar surface area (TPSA) is 20.2 Å². The fraction of sp³-hybridized carbons (Fsp3) is 0.333. The summed E-state index contributed by atoms with van der Waals surface area (Å²) in [5, 5.41) is 10.6. The maximum Gasteiger partial charge on any atom is 0.0871 e. The van der Waals surface area contributed by atoms with Crippen LogP contribution in [0, 0.1) is 0 Å². The molecule has 0 amide bonds. The van der Waals surface area contributed by atoms with Crippen LogP contribution >= 0.6 is 0 Å². The first-order valence-corrected chi connectivity index (χ1v) is 6.97. The Kier molecular flexibility index (Phi) is 4.39. The van der Waals surface area contributed by atoms with Gasteiger partial charge in [0.05, 0.1) is 5.60 Å². The number of aryl methyl sites for hydroxylation is 2. The van der Waals surface area contributed by atoms with Gasteiger partial charge in [0, 0.05) is 0 Å². The standard InChI is InChI=1S/C18H22O/c1-3-15-9-11-17(12-10-15)18(2,19)14-13-16-7-5-4-6-8-16/h4-12,19H,3,13-14H2,1-2H3. The van der Waals surface area contributed by atoms with Crippen LogP contribution < -0.4 is 0 Å². The average Bonchev–Trinajstić information content (AvgIpc) is 2.46. The first-order valence-electron chi connectivity index (χ1n) is 6.97. The molecular formula is C18H22O. The SMILES string of the molecule is CCc1ccc(C(C)(O)CCc2ccccc2)cc1. The highest BCUT2D eigenvalue weighted by Crippen LogP contribution is 2.26. The third-order valence-corrected chi connectivity index (χ3v) is 3.73. The van der Waals surface area contributed by atoms with Gasteiger partial charge in [-0.25, -0.2) is 0 Å². The quantitative estimate of drug-likeness (QED) is 0.852. The van der Waals surface area contributed by atoms with Crippen LogP contribution in [0.1, 0.15) is 37.0 Å². The van der Waals surface area contributed by atoms with Crippen LogP contribution in [0.5, 0.6) is 0 Å². The minimum absolute atomic E-state index is 0.739. The molecule has 0 radical (unpaired) electrons. The second-order valence-corrected chi connectivity index (χ2v) is 5.31. The van der Waals surface area contributed by atoms with Crippen molar-refractivity contribution in [3.63, 3.8) is 0 Å². The first kappa shape index (κ1) is 13.8. The number of benzene rings is 2. The molecule has 0 aliphatic rings. The third kappa shape index (κ3) is 3.68. The lowest BCUT2D eigenvalue weighted by Crippen LogP contribution is -2.22. The zero-order valence-electron chi connectivity index (χ0n) is 11.8. The molecular weight excluding hydrogens is 232 g/mol. The molecule has 1 N–H and O–H groups in total. The van der Waals surface area contributed by atoms with E-state index in [4.69, 9.17) is 0 Å². The molecule has 1 heteroatoms. The van der Waals surface area contributed by atoms with Gasteiger partial charge in [0.15, 0.2) is 0 Å². The molecule has 0 saturated heterocycles. The summed E-state index contributed by atoms with van der Waals surface area (Å²) in [5.41, 5.74) is 2.82. The number of hydrogen-bond acceptors (Lipinski definition) is 1. The number of aliphatic hydroxyl groups is 1. The molecule has 0 aliphatic heterocycles. The van der Waals surface area contributed by atoms with E-state index in [0.717, 1.165) is 24.8 Å². The van der Waals surface area contributed by atoms with Gasteiger partial charge in [0.25, 0.3) is 0 Å². The average molecular weight is 254 g/mol. The van der Waals surface area contributed by atoms with Gasteiger partial charge in [0.2, 0.25) is 0 Å². The van der Waals surface area contributed by atoms with E-state index in [0.29, 0.717) is 0 Å². The van der Waals surface area contributed by atoms with E-state index >= 15 is 0 Å². The van der Waals surface area contributed by atoms with E-state index in [1.165, 1.54) is 11.1 Å². The maximum atomic E-state index is 10.6. The lowest BCUT2D eigenvalue weighted by Gasteiger charge is -2.24. The van der Waals surface area contributed by atoms with Crippen molar-refractivity contribution in [1.29, 1.82) is 0 Å². The third-order valence-electron chi connectivity index (χ3n) is 3.73. The lowest BCUT2D eigenvalue weighted by molar-refractivity contribution is 0.0480. The van der Waals surface area contributed by atoms with Gasteiger partial charge in [-0.1, -0.05) is 61.5 Å². The Hall–Kier alpha value is -1.60. The molecule has 2 aromatic rings. The van der Waals surface area contributed by atoms with Crippen molar-refractivity contribution in [2.75, 3.05) is 0 Å². The van der Waals surface area contributed by atoms with Crippen LogP contribution in [-0.4, -0.2) is 5.11 Å². The van der Waals surface area contributed by atoms with Crippen molar-refractivity contribution < 1.29 is 5.11 Å². The summed E-state index contributed by atoms with van der Waals surface area (Å²) in [6.45, 7) is 4.04. The van der Waals surface area contributed by atoms with Gasteiger partial charge in [-0.2, -0.15) is 0 Å². The van der Waals surface area contributed by atoms with E-state index in [2.05, 4.69) is 31.2 Å². The Labute approximate surface area is 115 Å². The minimum atomic E-state index is -0.762. The molecule has 1 nitrogen and oxygen atoms in total. The van der Waals surface area contributed by atoms with E-state index in [1.807, 2.05) is 37.3 Å². The molecule has 0 fully saturated rings. The lowest BCUT2D eigenvalue weighted by atomic mass is 9.89. The molecule has 100 valence electrons. The van der Waals surface area contributed by atoms with Crippen molar-refractivity contribution in [2.24, 2.45) is 0 Å². The van der Waals surface area contributed by atoms with Gasteiger partial charge in [-0.3, -0.25) is 0 Å². The maximum absolute atomic E-state index is 10.6. The Morgan fingerprint density at radius 1 is 0.895 bits per heavy atom. The summed E-state index contributed by atoms with van der Waals surface area (Å²) < 4.78 is 0. The van der Waals surface area contributed by atoms with E-state index < -0.39 is 5.60 Å². The molecule has 1 unspecified atom stereocenters. The van der Waals surface area contributed by atoms with E-state index in [-0.39, 0.29) is 0 Å². The van der Waals surface area contributed by atoms with Gasteiger partial charge in [-0.05, 0) is 42.9 Å². The summed E-state index contributed by atoms with van der Waals surface area (Å²) in [4.78, 5) is 0. The molecule has 0 spiro atoms. The highest BCUT2D eigenvalue weighted by Gasteiger charge is 2.22. The van der Waals surface area contributed by atoms with Crippen LogP contribution in [0.3, 0.4) is 0 Å². The molecule has 2 rings (SSSR count). The number of rotatable bonds is 5. The minimum Gasteiger partial charge on any atom is -0.385 e. The Balaban J connectivity index is 2.04. The highest BCUT2D eigenvalue weighted by molar-refractivity contribution is 5.27. The Bertz CT molecular complexity index is 497. The van der Waals surface area contributed by atoms with Gasteiger partial charge in [-0.15, -0.1) is 0 Å². The van der Waals surface area contributed by atoms with E-state index in [1.54, 1.807) is 0 Å². The summed E-state index contributed by atoms with van der Waals surface area (Å²) >= 11 is 0. The smallest absolute Gasteiger partial charge is 0.0871 e. The van der Waals surface area contributed by atoms with Crippen LogP contribution in [0.25, 0.3) is 0 Å². The van der Waals surface area contributed by atoms with Crippen molar-refractivity contribution in [3.05, 3.63) is 71.3 Å². The molecule has 0 aliphatic carbocycles. The largest absolute Gasteiger partial charge is 0.385 e. The zero-order chi connectivity index (χ0) is 13.7. The molecule has 0 aromatic heterocycles. The van der Waals surface area contributed by atoms with Crippen molar-refractivity contribution >= 4 is 0 Å². The van der Waals surface area contributed by atoms with Crippen LogP contribution in [0.2, 0.25) is 0 Å². The fourth-order valence-corrected chi connectivity index (χ4v) is 2.28. The number of hydrogen-bond donors (Lipinski definition) is 1. The Morgan fingerprint density at radius 3 is 2.11 bits per heavy atom. The fourth-order valence-electron chi connectivity index (χ4n) is 2.28. The normalized spacial score (nSPS) is 14.1. The summed E-state index contributed by atoms with van der Waals surface area (Å²) in [6.07, 6.45) is 2.66. The molecule has 0 heterocycles. The first-order chi connectivity index (χ1) is 9.12. The molecule has 0 saturated carbocycles. The van der Waals surface area contributed by atoms with Crippen LogP contribution in [0.15, 0.2) is 54.6 Å². The van der Waals surface area contributed by atoms with Crippen molar-refractivity contribution in [2.45, 2.75) is 38.7 Å². The van der Waals surface area contributed by atoms with Crippen molar-refractivity contribution in [3.8, 4) is 0 Å². The zero-order valence-corrected chi connectivity index (χ0v) is 11.8. The van der Waals surface area contributed by atoms with Crippen LogP contribution in [0.4, 0.5) is 0 Å². The Morgan fingerprint density at radius 2 is 1.53 bits per heavy atom. The predicted molar refractivity (Wildman–Crippen MR) is 80.2 cm³/mol. The van der Waals surface area contributed by atoms with Crippen molar-refractivity contribution in [1.82, 2.24) is 0 Å². The molecule has 0 bridgehead atoms.